The van der Waals surface area contributed by atoms with Gasteiger partial charge in [0, 0.05) is 32.2 Å². The molecule has 1 N–H and O–H groups in total. The lowest BCUT2D eigenvalue weighted by Gasteiger charge is -2.30. The molecule has 0 saturated carbocycles. The third-order valence-electron chi connectivity index (χ3n) is 4.77. The zero-order chi connectivity index (χ0) is 14.7. The maximum atomic E-state index is 12.4. The van der Waals surface area contributed by atoms with Gasteiger partial charge < -0.3 is 14.9 Å². The number of aliphatic hydroxyl groups is 1. The number of carbonyl (C=O) groups excluding carboxylic acids is 1. The molecule has 4 nitrogen and oxygen atoms in total. The highest BCUT2D eigenvalue weighted by Gasteiger charge is 2.36. The van der Waals surface area contributed by atoms with E-state index < -0.39 is 0 Å². The molecule has 0 radical (unpaired) electrons. The zero-order valence-electron chi connectivity index (χ0n) is 12.4. The molecular weight excluding hydrogens is 284 g/mol. The van der Waals surface area contributed by atoms with Gasteiger partial charge >= 0.3 is 0 Å². The van der Waals surface area contributed by atoms with Gasteiger partial charge in [-0.25, -0.2) is 0 Å². The van der Waals surface area contributed by atoms with Crippen LogP contribution < -0.4 is 0 Å². The van der Waals surface area contributed by atoms with E-state index in [1.165, 1.54) is 43.7 Å². The van der Waals surface area contributed by atoms with Crippen LogP contribution in [-0.4, -0.2) is 60.1 Å². The van der Waals surface area contributed by atoms with Gasteiger partial charge in [-0.2, -0.15) is 0 Å². The largest absolute Gasteiger partial charge is 0.396 e. The van der Waals surface area contributed by atoms with Crippen molar-refractivity contribution in [2.24, 2.45) is 11.8 Å². The van der Waals surface area contributed by atoms with Crippen LogP contribution in [0.15, 0.2) is 17.5 Å². The van der Waals surface area contributed by atoms with Crippen molar-refractivity contribution in [3.05, 3.63) is 22.4 Å². The molecule has 0 bridgehead atoms. The third kappa shape index (κ3) is 3.47. The molecular formula is C16H24N2O2S. The first-order valence-electron chi connectivity index (χ1n) is 7.94. The van der Waals surface area contributed by atoms with Gasteiger partial charge in [0.15, 0.2) is 0 Å². The lowest BCUT2D eigenvalue weighted by atomic mass is 9.95. The Balaban J connectivity index is 1.61. The molecule has 2 atom stereocenters. The van der Waals surface area contributed by atoms with Crippen LogP contribution in [0.1, 0.15) is 28.9 Å². The van der Waals surface area contributed by atoms with E-state index in [-0.39, 0.29) is 18.4 Å². The van der Waals surface area contributed by atoms with Crippen LogP contribution in [0.2, 0.25) is 0 Å². The fourth-order valence-corrected chi connectivity index (χ4v) is 4.24. The third-order valence-corrected chi connectivity index (χ3v) is 5.63. The van der Waals surface area contributed by atoms with Crippen molar-refractivity contribution in [2.75, 3.05) is 39.3 Å². The van der Waals surface area contributed by atoms with Crippen molar-refractivity contribution in [1.82, 2.24) is 9.80 Å². The van der Waals surface area contributed by atoms with Gasteiger partial charge in [0.2, 0.25) is 0 Å². The lowest BCUT2D eigenvalue weighted by molar-refractivity contribution is 0.0783. The van der Waals surface area contributed by atoms with Crippen molar-refractivity contribution in [1.29, 1.82) is 0 Å². The summed E-state index contributed by atoms with van der Waals surface area (Å²) in [5, 5.41) is 11.6. The summed E-state index contributed by atoms with van der Waals surface area (Å²) < 4.78 is 0. The summed E-state index contributed by atoms with van der Waals surface area (Å²) in [4.78, 5) is 17.7. The average molecular weight is 308 g/mol. The van der Waals surface area contributed by atoms with Crippen LogP contribution in [0.5, 0.6) is 0 Å². The molecule has 0 spiro atoms. The van der Waals surface area contributed by atoms with Gasteiger partial charge in [-0.3, -0.25) is 4.79 Å². The fraction of sp³-hybridized carbons (Fsp3) is 0.688. The van der Waals surface area contributed by atoms with Gasteiger partial charge in [0.1, 0.15) is 0 Å². The molecule has 2 aliphatic heterocycles. The first kappa shape index (κ1) is 15.0. The minimum absolute atomic E-state index is 0.129. The number of likely N-dealkylation sites (tertiary alicyclic amines) is 2. The Kier molecular flexibility index (Phi) is 4.93. The second kappa shape index (κ2) is 6.90. The Labute approximate surface area is 130 Å². The first-order chi connectivity index (χ1) is 10.3. The molecule has 2 fully saturated rings. The highest BCUT2D eigenvalue weighted by Crippen LogP contribution is 2.27. The summed E-state index contributed by atoms with van der Waals surface area (Å²) in [6.07, 6.45) is 3.91. The van der Waals surface area contributed by atoms with E-state index in [4.69, 9.17) is 0 Å². The van der Waals surface area contributed by atoms with Crippen LogP contribution in [0.25, 0.3) is 0 Å². The first-order valence-corrected chi connectivity index (χ1v) is 8.82. The molecule has 5 heteroatoms. The predicted octanol–water partition coefficient (Wildman–Crippen LogP) is 1.91. The summed E-state index contributed by atoms with van der Waals surface area (Å²) in [6.45, 7) is 5.05. The summed E-state index contributed by atoms with van der Waals surface area (Å²) in [6, 6.07) is 3.81. The molecule has 2 saturated heterocycles. The number of hydrogen-bond donors (Lipinski definition) is 1. The SMILES string of the molecule is O=C(c1cccs1)N1C[C@@H](CO)[C@@H](CN2CCCCC2)C1. The highest BCUT2D eigenvalue weighted by atomic mass is 32.1. The number of piperidine rings is 1. The Morgan fingerprint density at radius 1 is 1.24 bits per heavy atom. The van der Waals surface area contributed by atoms with E-state index in [1.807, 2.05) is 22.4 Å². The molecule has 0 unspecified atom stereocenters. The molecule has 0 aromatic carbocycles. The minimum atomic E-state index is 0.129. The van der Waals surface area contributed by atoms with Crippen molar-refractivity contribution >= 4 is 17.2 Å². The van der Waals surface area contributed by atoms with Gasteiger partial charge in [-0.1, -0.05) is 12.5 Å². The monoisotopic (exact) mass is 308 g/mol. The quantitative estimate of drug-likeness (QED) is 0.924. The predicted molar refractivity (Wildman–Crippen MR) is 84.6 cm³/mol. The molecule has 21 heavy (non-hydrogen) atoms. The van der Waals surface area contributed by atoms with Gasteiger partial charge in [-0.05, 0) is 43.3 Å². The molecule has 0 aliphatic carbocycles. The number of rotatable bonds is 4. The van der Waals surface area contributed by atoms with E-state index >= 15 is 0 Å². The molecule has 1 amide bonds. The van der Waals surface area contributed by atoms with Crippen molar-refractivity contribution in [2.45, 2.75) is 19.3 Å². The van der Waals surface area contributed by atoms with E-state index in [9.17, 15) is 9.90 Å². The van der Waals surface area contributed by atoms with Crippen LogP contribution in [0, 0.1) is 11.8 Å². The maximum absolute atomic E-state index is 12.4. The zero-order valence-corrected chi connectivity index (χ0v) is 13.2. The number of thiophene rings is 1. The van der Waals surface area contributed by atoms with Gasteiger partial charge in [-0.15, -0.1) is 11.3 Å². The summed E-state index contributed by atoms with van der Waals surface area (Å²) in [7, 11) is 0. The lowest BCUT2D eigenvalue weighted by Crippen LogP contribution is -2.37. The Morgan fingerprint density at radius 2 is 2.00 bits per heavy atom. The topological polar surface area (TPSA) is 43.8 Å². The second-order valence-corrected chi connectivity index (χ2v) is 7.20. The van der Waals surface area contributed by atoms with E-state index in [2.05, 4.69) is 4.90 Å². The average Bonchev–Trinajstić information content (AvgIpc) is 3.17. The minimum Gasteiger partial charge on any atom is -0.396 e. The molecule has 116 valence electrons. The molecule has 2 aliphatic rings. The normalized spacial score (nSPS) is 27.2. The highest BCUT2D eigenvalue weighted by molar-refractivity contribution is 7.12. The number of nitrogens with zero attached hydrogens (tertiary/aromatic N) is 2. The van der Waals surface area contributed by atoms with Crippen LogP contribution >= 0.6 is 11.3 Å². The van der Waals surface area contributed by atoms with Gasteiger partial charge in [0.25, 0.3) is 5.91 Å². The van der Waals surface area contributed by atoms with Gasteiger partial charge in [0.05, 0.1) is 4.88 Å². The molecule has 1 aromatic rings. The second-order valence-electron chi connectivity index (χ2n) is 6.25. The van der Waals surface area contributed by atoms with Crippen LogP contribution in [0.4, 0.5) is 0 Å². The number of aliphatic hydroxyl groups excluding tert-OH is 1. The Bertz CT molecular complexity index is 457. The standard InChI is InChI=1S/C16H24N2O2S/c19-12-14-11-18(16(20)15-5-4-8-21-15)10-13(14)9-17-6-2-1-3-7-17/h4-5,8,13-14,19H,1-3,6-7,9-12H2/t13-,14-/m0/s1. The van der Waals surface area contributed by atoms with E-state index in [0.717, 1.165) is 18.0 Å². The Morgan fingerprint density at radius 3 is 2.67 bits per heavy atom. The van der Waals surface area contributed by atoms with E-state index in [1.54, 1.807) is 0 Å². The number of amides is 1. The van der Waals surface area contributed by atoms with Crippen molar-refractivity contribution < 1.29 is 9.90 Å². The maximum Gasteiger partial charge on any atom is 0.263 e. The smallest absolute Gasteiger partial charge is 0.263 e. The van der Waals surface area contributed by atoms with Crippen LogP contribution in [0.3, 0.4) is 0 Å². The van der Waals surface area contributed by atoms with Crippen LogP contribution in [-0.2, 0) is 0 Å². The number of carbonyl (C=O) groups is 1. The van der Waals surface area contributed by atoms with Crippen molar-refractivity contribution in [3.63, 3.8) is 0 Å². The fourth-order valence-electron chi connectivity index (χ4n) is 3.55. The number of hydrogen-bond acceptors (Lipinski definition) is 4. The van der Waals surface area contributed by atoms with E-state index in [0.29, 0.717) is 12.5 Å². The Hall–Kier alpha value is -0.910. The summed E-state index contributed by atoms with van der Waals surface area (Å²) in [5.74, 6) is 0.775. The molecule has 3 heterocycles. The summed E-state index contributed by atoms with van der Waals surface area (Å²) in [5.41, 5.74) is 0. The molecule has 3 rings (SSSR count). The summed E-state index contributed by atoms with van der Waals surface area (Å²) >= 11 is 1.50. The molecule has 1 aromatic heterocycles. The van der Waals surface area contributed by atoms with Crippen molar-refractivity contribution in [3.8, 4) is 0 Å².